The van der Waals surface area contributed by atoms with Crippen LogP contribution in [0.5, 0.6) is 5.75 Å². The molecule has 0 atom stereocenters. The van der Waals surface area contributed by atoms with Gasteiger partial charge >= 0.3 is 0 Å². The molecule has 0 N–H and O–H groups in total. The molecule has 0 unspecified atom stereocenters. The van der Waals surface area contributed by atoms with Gasteiger partial charge in [0.2, 0.25) is 12.8 Å². The van der Waals surface area contributed by atoms with Crippen molar-refractivity contribution in [3.8, 4) is 5.75 Å². The predicted octanol–water partition coefficient (Wildman–Crippen LogP) is -0.186. The number of hydrogen-bond acceptors (Lipinski definition) is 3. The Balaban J connectivity index is 2.15. The quantitative estimate of drug-likeness (QED) is 0.607. The summed E-state index contributed by atoms with van der Waals surface area (Å²) in [5, 5.41) is 14.2. The molecule has 0 aliphatic carbocycles. The maximum Gasteiger partial charge on any atom is 0.208 e. The molecule has 0 saturated heterocycles. The average molecular weight is 190 g/mol. The SMILES string of the molecule is COc1ccc(/C=[N+]2/CC([O-])=N2)cc1. The van der Waals surface area contributed by atoms with Crippen molar-refractivity contribution in [2.45, 2.75) is 0 Å². The zero-order chi connectivity index (χ0) is 9.97. The van der Waals surface area contributed by atoms with E-state index in [4.69, 9.17) is 4.74 Å². The van der Waals surface area contributed by atoms with Gasteiger partial charge in [-0.05, 0) is 29.4 Å². The van der Waals surface area contributed by atoms with Gasteiger partial charge in [0, 0.05) is 5.56 Å². The molecule has 1 aromatic carbocycles. The standard InChI is InChI=1S/C10H10N2O2/c1-14-9-4-2-8(3-5-9)6-12-7-10(13)11-12/h2-6H,7H2,1H3/b12-6-. The molecule has 2 rings (SSSR count). The number of nitrogens with zero attached hydrogens (tertiary/aromatic N) is 2. The van der Waals surface area contributed by atoms with Gasteiger partial charge in [0.05, 0.1) is 7.11 Å². The number of rotatable bonds is 2. The Kier molecular flexibility index (Phi) is 2.18. The van der Waals surface area contributed by atoms with Gasteiger partial charge in [0.15, 0.2) is 0 Å². The lowest BCUT2D eigenvalue weighted by molar-refractivity contribution is -0.558. The zero-order valence-corrected chi connectivity index (χ0v) is 7.80. The fraction of sp³-hybridized carbons (Fsp3) is 0.200. The van der Waals surface area contributed by atoms with E-state index in [1.54, 1.807) is 11.8 Å². The summed E-state index contributed by atoms with van der Waals surface area (Å²) >= 11 is 0. The molecule has 4 nitrogen and oxygen atoms in total. The zero-order valence-electron chi connectivity index (χ0n) is 7.80. The van der Waals surface area contributed by atoms with Crippen LogP contribution >= 0.6 is 0 Å². The van der Waals surface area contributed by atoms with Gasteiger partial charge in [-0.3, -0.25) is 0 Å². The Hall–Kier alpha value is -1.84. The Labute approximate surface area is 81.8 Å². The van der Waals surface area contributed by atoms with E-state index < -0.39 is 0 Å². The molecule has 0 fully saturated rings. The van der Waals surface area contributed by atoms with E-state index in [1.165, 1.54) is 0 Å². The third-order valence-electron chi connectivity index (χ3n) is 1.95. The summed E-state index contributed by atoms with van der Waals surface area (Å²) in [5.41, 5.74) is 1.00. The van der Waals surface area contributed by atoms with E-state index in [2.05, 4.69) is 5.10 Å². The third-order valence-corrected chi connectivity index (χ3v) is 1.95. The van der Waals surface area contributed by atoms with Crippen LogP contribution in [0.2, 0.25) is 0 Å². The van der Waals surface area contributed by atoms with E-state index in [1.807, 2.05) is 30.5 Å². The summed E-state index contributed by atoms with van der Waals surface area (Å²) in [7, 11) is 1.63. The molecule has 1 heterocycles. The van der Waals surface area contributed by atoms with Gasteiger partial charge in [-0.15, -0.1) is 0 Å². The normalized spacial score (nSPS) is 17.5. The van der Waals surface area contributed by atoms with Crippen molar-refractivity contribution in [2.24, 2.45) is 5.10 Å². The minimum Gasteiger partial charge on any atom is -0.853 e. The van der Waals surface area contributed by atoms with E-state index >= 15 is 0 Å². The van der Waals surface area contributed by atoms with Gasteiger partial charge < -0.3 is 9.84 Å². The van der Waals surface area contributed by atoms with Crippen LogP contribution in [0, 0.1) is 0 Å². The molecular weight excluding hydrogens is 180 g/mol. The van der Waals surface area contributed by atoms with Crippen LogP contribution in [0.4, 0.5) is 0 Å². The minimum atomic E-state index is -0.0743. The van der Waals surface area contributed by atoms with E-state index in [0.29, 0.717) is 6.54 Å². The van der Waals surface area contributed by atoms with Gasteiger partial charge in [0.1, 0.15) is 11.6 Å². The molecule has 14 heavy (non-hydrogen) atoms. The number of hydrogen-bond donors (Lipinski definition) is 0. The molecule has 0 bridgehead atoms. The summed E-state index contributed by atoms with van der Waals surface area (Å²) in [6.45, 7) is 0.381. The smallest absolute Gasteiger partial charge is 0.208 e. The maximum atomic E-state index is 10.6. The van der Waals surface area contributed by atoms with Crippen molar-refractivity contribution in [1.82, 2.24) is 0 Å². The number of benzene rings is 1. The second-order valence-corrected chi connectivity index (χ2v) is 2.99. The highest BCUT2D eigenvalue weighted by Gasteiger charge is 2.13. The molecular formula is C10H10N2O2. The van der Waals surface area contributed by atoms with Crippen molar-refractivity contribution in [2.75, 3.05) is 13.7 Å². The predicted molar refractivity (Wildman–Crippen MR) is 50.7 cm³/mol. The van der Waals surface area contributed by atoms with Crippen LogP contribution in [0.1, 0.15) is 5.56 Å². The first kappa shape index (κ1) is 8.74. The van der Waals surface area contributed by atoms with Gasteiger partial charge in [-0.2, -0.15) is 0 Å². The van der Waals surface area contributed by atoms with E-state index in [9.17, 15) is 5.11 Å². The Morgan fingerprint density at radius 1 is 1.43 bits per heavy atom. The molecule has 0 amide bonds. The molecule has 1 aliphatic rings. The molecule has 0 aromatic heterocycles. The lowest BCUT2D eigenvalue weighted by Gasteiger charge is -2.11. The lowest BCUT2D eigenvalue weighted by Crippen LogP contribution is -2.38. The number of methoxy groups -OCH3 is 1. The third kappa shape index (κ3) is 1.74. The van der Waals surface area contributed by atoms with Crippen molar-refractivity contribution in [3.05, 3.63) is 29.8 Å². The summed E-state index contributed by atoms with van der Waals surface area (Å²) in [4.78, 5) is 0. The van der Waals surface area contributed by atoms with Crippen molar-refractivity contribution >= 4 is 12.1 Å². The molecule has 72 valence electrons. The molecule has 1 aliphatic heterocycles. The highest BCUT2D eigenvalue weighted by Crippen LogP contribution is 2.10. The Bertz CT molecular complexity index is 393. The van der Waals surface area contributed by atoms with E-state index in [-0.39, 0.29) is 5.90 Å². The van der Waals surface area contributed by atoms with Gasteiger partial charge in [-0.25, -0.2) is 0 Å². The van der Waals surface area contributed by atoms with Crippen LogP contribution in [0.15, 0.2) is 29.4 Å². The Morgan fingerprint density at radius 3 is 2.57 bits per heavy atom. The summed E-state index contributed by atoms with van der Waals surface area (Å²) < 4.78 is 6.64. The second-order valence-electron chi connectivity index (χ2n) is 2.99. The van der Waals surface area contributed by atoms with Crippen LogP contribution < -0.4 is 9.84 Å². The van der Waals surface area contributed by atoms with Crippen molar-refractivity contribution in [1.29, 1.82) is 0 Å². The van der Waals surface area contributed by atoms with Gasteiger partial charge in [0.25, 0.3) is 0 Å². The van der Waals surface area contributed by atoms with Crippen molar-refractivity contribution < 1.29 is 14.5 Å². The average Bonchev–Trinajstić information content (AvgIpc) is 2.17. The first-order valence-electron chi connectivity index (χ1n) is 4.28. The molecule has 0 radical (unpaired) electrons. The van der Waals surface area contributed by atoms with Crippen LogP contribution in [-0.4, -0.2) is 30.5 Å². The van der Waals surface area contributed by atoms with Crippen LogP contribution in [-0.2, 0) is 0 Å². The first-order valence-corrected chi connectivity index (χ1v) is 4.28. The maximum absolute atomic E-state index is 10.6. The van der Waals surface area contributed by atoms with Crippen LogP contribution in [0.3, 0.4) is 0 Å². The molecule has 0 saturated carbocycles. The fourth-order valence-corrected chi connectivity index (χ4v) is 1.21. The number of hydrazone groups is 1. The lowest BCUT2D eigenvalue weighted by atomic mass is 10.2. The molecule has 4 heteroatoms. The Morgan fingerprint density at radius 2 is 2.07 bits per heavy atom. The topological polar surface area (TPSA) is 47.7 Å². The highest BCUT2D eigenvalue weighted by atomic mass is 16.5. The first-order chi connectivity index (χ1) is 6.78. The largest absolute Gasteiger partial charge is 0.853 e. The summed E-state index contributed by atoms with van der Waals surface area (Å²) in [6.07, 6.45) is 1.82. The highest BCUT2D eigenvalue weighted by molar-refractivity contribution is 5.80. The fourth-order valence-electron chi connectivity index (χ4n) is 1.21. The van der Waals surface area contributed by atoms with Crippen LogP contribution in [0.25, 0.3) is 0 Å². The second kappa shape index (κ2) is 3.49. The monoisotopic (exact) mass is 190 g/mol. The molecule has 0 spiro atoms. The van der Waals surface area contributed by atoms with Crippen molar-refractivity contribution in [3.63, 3.8) is 0 Å². The van der Waals surface area contributed by atoms with Gasteiger partial charge in [-0.1, -0.05) is 4.68 Å². The number of ether oxygens (including phenoxy) is 1. The summed E-state index contributed by atoms with van der Waals surface area (Å²) in [5.74, 6) is 0.744. The summed E-state index contributed by atoms with van der Waals surface area (Å²) in [6, 6.07) is 7.56. The minimum absolute atomic E-state index is 0.0743. The van der Waals surface area contributed by atoms with E-state index in [0.717, 1.165) is 11.3 Å². The molecule has 1 aromatic rings.